The first-order valence-electron chi connectivity index (χ1n) is 9.20. The Hall–Kier alpha value is -3.15. The summed E-state index contributed by atoms with van der Waals surface area (Å²) in [6.07, 6.45) is 1.70. The first-order valence-corrected chi connectivity index (χ1v) is 9.20. The van der Waals surface area contributed by atoms with Crippen LogP contribution >= 0.6 is 0 Å². The Kier molecular flexibility index (Phi) is 6.09. The fraction of sp³-hybridized carbons (Fsp3) is 0.273. The third-order valence-electron chi connectivity index (χ3n) is 4.44. The lowest BCUT2D eigenvalue weighted by atomic mass is 10.1. The molecule has 6 heteroatoms. The van der Waals surface area contributed by atoms with Crippen LogP contribution in [0.3, 0.4) is 0 Å². The molecule has 0 spiro atoms. The third kappa shape index (κ3) is 4.76. The maximum absolute atomic E-state index is 13.0. The molecule has 1 aromatic heterocycles. The van der Waals surface area contributed by atoms with Crippen molar-refractivity contribution in [3.8, 4) is 5.75 Å². The lowest BCUT2D eigenvalue weighted by Crippen LogP contribution is -2.31. The molecular weight excluding hydrogens is 361 g/mol. The van der Waals surface area contributed by atoms with Crippen molar-refractivity contribution in [2.24, 2.45) is 0 Å². The van der Waals surface area contributed by atoms with Crippen LogP contribution in [0, 0.1) is 5.82 Å². The Morgan fingerprint density at radius 2 is 1.93 bits per heavy atom. The molecule has 0 bridgehead atoms. The minimum absolute atomic E-state index is 0.185. The summed E-state index contributed by atoms with van der Waals surface area (Å²) < 4.78 is 23.8. The molecule has 0 fully saturated rings. The number of carbonyl (C=O) groups excluding carboxylic acids is 1. The highest BCUT2D eigenvalue weighted by Gasteiger charge is 2.11. The van der Waals surface area contributed by atoms with Crippen molar-refractivity contribution >= 4 is 16.9 Å². The molecule has 1 N–H and O–H groups in total. The van der Waals surface area contributed by atoms with Gasteiger partial charge in [0, 0.05) is 17.5 Å². The summed E-state index contributed by atoms with van der Waals surface area (Å²) in [5.41, 5.74) is 1.77. The second-order valence-corrected chi connectivity index (χ2v) is 6.63. The Labute approximate surface area is 162 Å². The molecule has 0 radical (unpaired) electrons. The van der Waals surface area contributed by atoms with Crippen LogP contribution in [0.25, 0.3) is 11.0 Å². The molecule has 1 heterocycles. The van der Waals surface area contributed by atoms with E-state index in [0.717, 1.165) is 29.4 Å². The number of amides is 1. The van der Waals surface area contributed by atoms with Gasteiger partial charge in [0.15, 0.2) is 6.61 Å². The fourth-order valence-electron chi connectivity index (χ4n) is 3.04. The summed E-state index contributed by atoms with van der Waals surface area (Å²) in [6.45, 7) is 3.67. The smallest absolute Gasteiger partial charge is 0.336 e. The molecule has 0 saturated heterocycles. The van der Waals surface area contributed by atoms with E-state index in [1.165, 1.54) is 18.2 Å². The SMILES string of the molecule is CCCc1cc(=O)oc2cc(OCC(=O)NC(C)c3ccc(F)cc3)ccc12. The predicted molar refractivity (Wildman–Crippen MR) is 105 cm³/mol. The minimum atomic E-state index is -0.404. The Balaban J connectivity index is 1.65. The van der Waals surface area contributed by atoms with Crippen molar-refractivity contribution in [1.82, 2.24) is 5.32 Å². The second-order valence-electron chi connectivity index (χ2n) is 6.63. The van der Waals surface area contributed by atoms with Gasteiger partial charge in [0.25, 0.3) is 5.91 Å². The van der Waals surface area contributed by atoms with Crippen molar-refractivity contribution < 1.29 is 18.3 Å². The molecule has 146 valence electrons. The predicted octanol–water partition coefficient (Wildman–Crippen LogP) is 4.14. The van der Waals surface area contributed by atoms with Gasteiger partial charge in [-0.1, -0.05) is 25.5 Å². The van der Waals surface area contributed by atoms with Crippen LogP contribution in [-0.4, -0.2) is 12.5 Å². The van der Waals surface area contributed by atoms with E-state index >= 15 is 0 Å². The van der Waals surface area contributed by atoms with Gasteiger partial charge in [-0.3, -0.25) is 4.79 Å². The molecule has 3 aromatic rings. The molecule has 5 nitrogen and oxygen atoms in total. The van der Waals surface area contributed by atoms with Crippen LogP contribution in [0.5, 0.6) is 5.75 Å². The van der Waals surface area contributed by atoms with Gasteiger partial charge in [-0.15, -0.1) is 0 Å². The zero-order chi connectivity index (χ0) is 20.1. The van der Waals surface area contributed by atoms with E-state index in [-0.39, 0.29) is 24.4 Å². The molecule has 0 aliphatic heterocycles. The number of ether oxygens (including phenoxy) is 1. The number of benzene rings is 2. The molecular formula is C22H22FNO4. The summed E-state index contributed by atoms with van der Waals surface area (Å²) in [5, 5.41) is 3.66. The maximum Gasteiger partial charge on any atom is 0.336 e. The largest absolute Gasteiger partial charge is 0.484 e. The highest BCUT2D eigenvalue weighted by atomic mass is 19.1. The molecule has 0 aliphatic carbocycles. The standard InChI is InChI=1S/C22H22FNO4/c1-3-4-16-11-22(26)28-20-12-18(9-10-19(16)20)27-13-21(25)24-14(2)15-5-7-17(23)8-6-15/h5-12,14H,3-4,13H2,1-2H3,(H,24,25). The molecule has 1 atom stereocenters. The summed E-state index contributed by atoms with van der Waals surface area (Å²) in [7, 11) is 0. The second kappa shape index (κ2) is 8.69. The van der Waals surface area contributed by atoms with Gasteiger partial charge in [0.1, 0.15) is 17.1 Å². The van der Waals surface area contributed by atoms with Crippen LogP contribution < -0.4 is 15.7 Å². The molecule has 0 aliphatic rings. The first kappa shape index (κ1) is 19.6. The van der Waals surface area contributed by atoms with E-state index in [1.807, 2.05) is 19.9 Å². The first-order chi connectivity index (χ1) is 13.5. The highest BCUT2D eigenvalue weighted by Crippen LogP contribution is 2.23. The number of halogens is 1. The zero-order valence-electron chi connectivity index (χ0n) is 15.8. The van der Waals surface area contributed by atoms with Gasteiger partial charge >= 0.3 is 5.63 Å². The minimum Gasteiger partial charge on any atom is -0.484 e. The number of nitrogens with one attached hydrogen (secondary N) is 1. The number of fused-ring (bicyclic) bond motifs is 1. The zero-order valence-corrected chi connectivity index (χ0v) is 15.8. The molecule has 1 amide bonds. The highest BCUT2D eigenvalue weighted by molar-refractivity contribution is 5.82. The van der Waals surface area contributed by atoms with Crippen LogP contribution in [0.4, 0.5) is 4.39 Å². The summed E-state index contributed by atoms with van der Waals surface area (Å²) in [5.74, 6) is -0.192. The lowest BCUT2D eigenvalue weighted by Gasteiger charge is -2.15. The number of carbonyl (C=O) groups is 1. The lowest BCUT2D eigenvalue weighted by molar-refractivity contribution is -0.123. The molecule has 28 heavy (non-hydrogen) atoms. The quantitative estimate of drug-likeness (QED) is 0.623. The Morgan fingerprint density at radius 3 is 2.64 bits per heavy atom. The van der Waals surface area contributed by atoms with Crippen molar-refractivity contribution in [2.75, 3.05) is 6.61 Å². The van der Waals surface area contributed by atoms with E-state index in [2.05, 4.69) is 5.32 Å². The van der Waals surface area contributed by atoms with E-state index in [9.17, 15) is 14.0 Å². The molecule has 1 unspecified atom stereocenters. The number of rotatable bonds is 7. The van der Waals surface area contributed by atoms with E-state index in [0.29, 0.717) is 11.3 Å². The van der Waals surface area contributed by atoms with Crippen LogP contribution in [0.1, 0.15) is 37.4 Å². The topological polar surface area (TPSA) is 68.5 Å². The number of hydrogen-bond donors (Lipinski definition) is 1. The van der Waals surface area contributed by atoms with Crippen molar-refractivity contribution in [3.63, 3.8) is 0 Å². The maximum atomic E-state index is 13.0. The molecule has 3 rings (SSSR count). The molecule has 2 aromatic carbocycles. The Bertz CT molecular complexity index is 1030. The average Bonchev–Trinajstić information content (AvgIpc) is 2.66. The van der Waals surface area contributed by atoms with Crippen molar-refractivity contribution in [2.45, 2.75) is 32.7 Å². The van der Waals surface area contributed by atoms with Gasteiger partial charge in [0.2, 0.25) is 0 Å². The average molecular weight is 383 g/mol. The third-order valence-corrected chi connectivity index (χ3v) is 4.44. The van der Waals surface area contributed by atoms with Crippen molar-refractivity contribution in [1.29, 1.82) is 0 Å². The van der Waals surface area contributed by atoms with Gasteiger partial charge in [0.05, 0.1) is 6.04 Å². The van der Waals surface area contributed by atoms with Crippen LogP contribution in [0.15, 0.2) is 57.7 Å². The monoisotopic (exact) mass is 383 g/mol. The normalized spacial score (nSPS) is 12.0. The Morgan fingerprint density at radius 1 is 1.18 bits per heavy atom. The van der Waals surface area contributed by atoms with Crippen LogP contribution in [-0.2, 0) is 11.2 Å². The fourth-order valence-corrected chi connectivity index (χ4v) is 3.04. The van der Waals surface area contributed by atoms with Gasteiger partial charge in [-0.25, -0.2) is 9.18 Å². The number of hydrogen-bond acceptors (Lipinski definition) is 4. The summed E-state index contributed by atoms with van der Waals surface area (Å²) in [6, 6.07) is 12.4. The van der Waals surface area contributed by atoms with Gasteiger partial charge < -0.3 is 14.5 Å². The van der Waals surface area contributed by atoms with Gasteiger partial charge in [-0.2, -0.15) is 0 Å². The number of aryl methyl sites for hydroxylation is 1. The van der Waals surface area contributed by atoms with Crippen LogP contribution in [0.2, 0.25) is 0 Å². The summed E-state index contributed by atoms with van der Waals surface area (Å²) >= 11 is 0. The van der Waals surface area contributed by atoms with E-state index < -0.39 is 5.63 Å². The van der Waals surface area contributed by atoms with E-state index in [1.54, 1.807) is 24.3 Å². The van der Waals surface area contributed by atoms with E-state index in [4.69, 9.17) is 9.15 Å². The summed E-state index contributed by atoms with van der Waals surface area (Å²) in [4.78, 5) is 23.9. The van der Waals surface area contributed by atoms with Crippen molar-refractivity contribution in [3.05, 3.63) is 75.9 Å². The van der Waals surface area contributed by atoms with Gasteiger partial charge in [-0.05, 0) is 48.7 Å². The molecule has 0 saturated carbocycles.